The summed E-state index contributed by atoms with van der Waals surface area (Å²) < 4.78 is 90.5. The molecule has 0 saturated heterocycles. The average molecular weight is 563 g/mol. The van der Waals surface area contributed by atoms with Crippen LogP contribution >= 0.6 is 0 Å². The highest BCUT2D eigenvalue weighted by Crippen LogP contribution is 2.43. The fourth-order valence-corrected chi connectivity index (χ4v) is 4.46. The number of hydrogen-bond acceptors (Lipinski definition) is 6. The van der Waals surface area contributed by atoms with E-state index in [2.05, 4.69) is 0 Å². The molecule has 0 N–H and O–H groups in total. The molecule has 0 fully saturated rings. The minimum atomic E-state index is -5.04. The number of benzene rings is 2. The Hall–Kier alpha value is -3.64. The van der Waals surface area contributed by atoms with Crippen LogP contribution in [0.3, 0.4) is 0 Å². The minimum absolute atomic E-state index is 0.0299. The van der Waals surface area contributed by atoms with Gasteiger partial charge in [-0.15, -0.1) is 0 Å². The molecule has 214 valence electrons. The van der Waals surface area contributed by atoms with Gasteiger partial charge in [0.2, 0.25) is 0 Å². The zero-order valence-corrected chi connectivity index (χ0v) is 21.7. The topological polar surface area (TPSA) is 68.3 Å². The molecule has 2 aromatic carbocycles. The van der Waals surface area contributed by atoms with Crippen LogP contribution in [0, 0.1) is 0 Å². The monoisotopic (exact) mass is 562 g/mol. The van der Waals surface area contributed by atoms with Gasteiger partial charge in [-0.1, -0.05) is 19.1 Å². The number of carbonyl (C=O) groups excluding carboxylic acids is 2. The molecular formula is C26H28F6N2O5. The van der Waals surface area contributed by atoms with E-state index in [1.54, 1.807) is 32.0 Å². The van der Waals surface area contributed by atoms with Crippen LogP contribution in [0.5, 0.6) is 0 Å². The van der Waals surface area contributed by atoms with Crippen LogP contribution in [-0.4, -0.2) is 36.9 Å². The van der Waals surface area contributed by atoms with Crippen LogP contribution in [0.4, 0.5) is 41.6 Å². The maximum atomic E-state index is 13.5. The number of aryl methyl sites for hydroxylation is 1. The Balaban J connectivity index is 2.11. The van der Waals surface area contributed by atoms with Gasteiger partial charge in [-0.3, -0.25) is 4.90 Å². The van der Waals surface area contributed by atoms with E-state index in [9.17, 15) is 35.9 Å². The van der Waals surface area contributed by atoms with Gasteiger partial charge in [0, 0.05) is 12.1 Å². The molecule has 1 aliphatic rings. The van der Waals surface area contributed by atoms with Crippen molar-refractivity contribution in [3.05, 3.63) is 64.2 Å². The molecule has 3 rings (SSSR count). The lowest BCUT2D eigenvalue weighted by atomic mass is 9.90. The molecule has 2 aromatic rings. The standard InChI is InChI=1S/C26H28F6N2O5/c1-5-16-7-8-21-20(12-16)22(9-15(3)34(21)39-24(36)38-6-2)33(23(35)37-4)14-17-10-18(25(27,28)29)13-19(11-17)26(30,31)32/h7-8,10-13,15,22H,5-6,9,14H2,1-4H3/t15-,22+/m1/s1. The SMILES string of the molecule is CCOC(=O)ON1c2ccc(CC)cc2[C@@H](N(Cc2cc(C(F)(F)F)cc(C(F)(F)F)c2)C(=O)OC)C[C@H]1C. The number of alkyl halides is 6. The Morgan fingerprint density at radius 1 is 0.974 bits per heavy atom. The molecule has 1 amide bonds. The van der Waals surface area contributed by atoms with Crippen LogP contribution in [0.25, 0.3) is 0 Å². The van der Waals surface area contributed by atoms with Gasteiger partial charge in [0.25, 0.3) is 0 Å². The zero-order chi connectivity index (χ0) is 29.1. The van der Waals surface area contributed by atoms with E-state index in [1.807, 2.05) is 6.92 Å². The summed E-state index contributed by atoms with van der Waals surface area (Å²) in [5.74, 6) is 0. The number of fused-ring (bicyclic) bond motifs is 1. The lowest BCUT2D eigenvalue weighted by Gasteiger charge is -2.42. The van der Waals surface area contributed by atoms with E-state index in [0.29, 0.717) is 29.8 Å². The normalized spacial score (nSPS) is 17.3. The van der Waals surface area contributed by atoms with Gasteiger partial charge in [0.05, 0.1) is 42.6 Å². The summed E-state index contributed by atoms with van der Waals surface area (Å²) in [6.45, 7) is 4.63. The summed E-state index contributed by atoms with van der Waals surface area (Å²) >= 11 is 0. The van der Waals surface area contributed by atoms with Gasteiger partial charge in [-0.05, 0) is 62.1 Å². The molecule has 7 nitrogen and oxygen atoms in total. The zero-order valence-electron chi connectivity index (χ0n) is 21.7. The van der Waals surface area contributed by atoms with E-state index >= 15 is 0 Å². The van der Waals surface area contributed by atoms with E-state index in [1.165, 1.54) is 5.06 Å². The number of halogens is 6. The second kappa shape index (κ2) is 11.6. The number of hydroxylamine groups is 1. The lowest BCUT2D eigenvalue weighted by molar-refractivity contribution is -0.143. The van der Waals surface area contributed by atoms with Crippen molar-refractivity contribution in [3.63, 3.8) is 0 Å². The largest absolute Gasteiger partial charge is 0.533 e. The highest BCUT2D eigenvalue weighted by molar-refractivity contribution is 5.71. The summed E-state index contributed by atoms with van der Waals surface area (Å²) in [7, 11) is 1.06. The third-order valence-corrected chi connectivity index (χ3v) is 6.28. The molecule has 0 bridgehead atoms. The number of carbonyl (C=O) groups is 2. The van der Waals surface area contributed by atoms with Crippen molar-refractivity contribution in [2.75, 3.05) is 18.8 Å². The molecule has 1 heterocycles. The first-order chi connectivity index (χ1) is 18.2. The second-order valence-corrected chi connectivity index (χ2v) is 8.96. The van der Waals surface area contributed by atoms with Gasteiger partial charge >= 0.3 is 24.6 Å². The molecule has 0 aliphatic carbocycles. The van der Waals surface area contributed by atoms with Gasteiger partial charge in [-0.25, -0.2) is 14.7 Å². The Bertz CT molecular complexity index is 1170. The average Bonchev–Trinajstić information content (AvgIpc) is 2.87. The molecular weight excluding hydrogens is 534 g/mol. The summed E-state index contributed by atoms with van der Waals surface area (Å²) in [6.07, 6.45) is -11.3. The van der Waals surface area contributed by atoms with E-state index in [-0.39, 0.29) is 24.7 Å². The third-order valence-electron chi connectivity index (χ3n) is 6.28. The first-order valence-electron chi connectivity index (χ1n) is 12.1. The molecule has 13 heteroatoms. The first kappa shape index (κ1) is 29.9. The predicted molar refractivity (Wildman–Crippen MR) is 128 cm³/mol. The molecule has 0 aromatic heterocycles. The van der Waals surface area contributed by atoms with Crippen LogP contribution < -0.4 is 5.06 Å². The second-order valence-electron chi connectivity index (χ2n) is 8.96. The van der Waals surface area contributed by atoms with E-state index < -0.39 is 54.4 Å². The Morgan fingerprint density at radius 3 is 2.10 bits per heavy atom. The molecule has 0 spiro atoms. The minimum Gasteiger partial charge on any atom is -0.453 e. The van der Waals surface area contributed by atoms with Crippen LogP contribution in [0.2, 0.25) is 0 Å². The van der Waals surface area contributed by atoms with Crippen molar-refractivity contribution in [2.24, 2.45) is 0 Å². The number of methoxy groups -OCH3 is 1. The van der Waals surface area contributed by atoms with Gasteiger partial charge in [0.1, 0.15) is 0 Å². The number of anilines is 1. The highest BCUT2D eigenvalue weighted by atomic mass is 19.4. The molecule has 0 unspecified atom stereocenters. The van der Waals surface area contributed by atoms with E-state index in [0.717, 1.165) is 17.6 Å². The lowest BCUT2D eigenvalue weighted by Crippen LogP contribution is -2.45. The van der Waals surface area contributed by atoms with Crippen molar-refractivity contribution in [1.29, 1.82) is 0 Å². The number of amides is 1. The Kier molecular flexibility index (Phi) is 8.91. The quantitative estimate of drug-likeness (QED) is 0.272. The molecule has 39 heavy (non-hydrogen) atoms. The number of nitrogens with zero attached hydrogens (tertiary/aromatic N) is 2. The van der Waals surface area contributed by atoms with Gasteiger partial charge in [-0.2, -0.15) is 26.3 Å². The summed E-state index contributed by atoms with van der Waals surface area (Å²) in [6, 6.07) is 4.99. The van der Waals surface area contributed by atoms with Crippen molar-refractivity contribution in [1.82, 2.24) is 4.90 Å². The summed E-state index contributed by atoms with van der Waals surface area (Å²) in [4.78, 5) is 31.5. The summed E-state index contributed by atoms with van der Waals surface area (Å²) in [5.41, 5.74) is -1.65. The molecule has 1 aliphatic heterocycles. The summed E-state index contributed by atoms with van der Waals surface area (Å²) in [5, 5.41) is 1.31. The van der Waals surface area contributed by atoms with Crippen molar-refractivity contribution in [3.8, 4) is 0 Å². The fraction of sp³-hybridized carbons (Fsp3) is 0.462. The number of ether oxygens (including phenoxy) is 2. The van der Waals surface area contributed by atoms with Crippen LogP contribution in [-0.2, 0) is 39.6 Å². The number of hydrogen-bond donors (Lipinski definition) is 0. The number of rotatable bonds is 6. The predicted octanol–water partition coefficient (Wildman–Crippen LogP) is 7.28. The van der Waals surface area contributed by atoms with Crippen molar-refractivity contribution < 1.29 is 50.2 Å². The fourth-order valence-electron chi connectivity index (χ4n) is 4.46. The molecule has 2 atom stereocenters. The Labute approximate surface area is 221 Å². The smallest absolute Gasteiger partial charge is 0.453 e. The van der Waals surface area contributed by atoms with Crippen LogP contribution in [0.15, 0.2) is 36.4 Å². The van der Waals surface area contributed by atoms with Gasteiger partial charge < -0.3 is 14.3 Å². The Morgan fingerprint density at radius 2 is 1.59 bits per heavy atom. The highest BCUT2D eigenvalue weighted by Gasteiger charge is 2.40. The molecule has 0 saturated carbocycles. The van der Waals surface area contributed by atoms with Crippen molar-refractivity contribution in [2.45, 2.75) is 64.6 Å². The van der Waals surface area contributed by atoms with E-state index in [4.69, 9.17) is 14.3 Å². The maximum Gasteiger partial charge on any atom is 0.533 e. The third kappa shape index (κ3) is 6.87. The van der Waals surface area contributed by atoms with Gasteiger partial charge in [0.15, 0.2) is 0 Å². The van der Waals surface area contributed by atoms with Crippen LogP contribution in [0.1, 0.15) is 61.1 Å². The first-order valence-corrected chi connectivity index (χ1v) is 12.1. The maximum absolute atomic E-state index is 13.5. The van der Waals surface area contributed by atoms with Crippen molar-refractivity contribution >= 4 is 17.9 Å². The molecule has 0 radical (unpaired) electrons.